The molecule has 0 radical (unpaired) electrons. The summed E-state index contributed by atoms with van der Waals surface area (Å²) < 4.78 is 27.0. The lowest BCUT2D eigenvalue weighted by molar-refractivity contribution is -0.123. The third-order valence-corrected chi connectivity index (χ3v) is 5.52. The first kappa shape index (κ1) is 26.0. The summed E-state index contributed by atoms with van der Waals surface area (Å²) in [5.41, 5.74) is 3.33. The van der Waals surface area contributed by atoms with Crippen LogP contribution in [0.4, 0.5) is 0 Å². The fraction of sp³-hybridized carbons (Fsp3) is 0.138. The van der Waals surface area contributed by atoms with Crippen LogP contribution in [-0.4, -0.2) is 46.0 Å². The third-order valence-electron chi connectivity index (χ3n) is 5.52. The van der Waals surface area contributed by atoms with Crippen molar-refractivity contribution in [1.29, 1.82) is 0 Å². The number of carbonyl (C=O) groups is 2. The average molecular weight is 515 g/mol. The number of hydrogen-bond donors (Lipinski definition) is 1. The number of rotatable bonds is 10. The lowest BCUT2D eigenvalue weighted by Crippen LogP contribution is -2.24. The maximum Gasteiger partial charge on any atom is 0.343 e. The van der Waals surface area contributed by atoms with Gasteiger partial charge in [0.1, 0.15) is 5.75 Å². The van der Waals surface area contributed by atoms with Crippen molar-refractivity contribution < 1.29 is 33.3 Å². The second kappa shape index (κ2) is 12.3. The molecule has 0 aromatic heterocycles. The summed E-state index contributed by atoms with van der Waals surface area (Å²) in [5, 5.41) is 5.92. The molecular weight excluding hydrogens is 488 g/mol. The van der Waals surface area contributed by atoms with Gasteiger partial charge in [-0.25, -0.2) is 10.2 Å². The van der Waals surface area contributed by atoms with Gasteiger partial charge in [0.2, 0.25) is 0 Å². The second-order valence-electron chi connectivity index (χ2n) is 7.93. The van der Waals surface area contributed by atoms with Crippen molar-refractivity contribution in [3.8, 4) is 28.7 Å². The van der Waals surface area contributed by atoms with Crippen molar-refractivity contribution in [1.82, 2.24) is 5.43 Å². The molecule has 9 nitrogen and oxygen atoms in total. The van der Waals surface area contributed by atoms with Crippen LogP contribution in [-0.2, 0) is 4.79 Å². The Bertz CT molecular complexity index is 1480. The highest BCUT2D eigenvalue weighted by atomic mass is 16.6. The number of hydrogen-bond acceptors (Lipinski definition) is 8. The summed E-state index contributed by atoms with van der Waals surface area (Å²) in [7, 11) is 4.45. The van der Waals surface area contributed by atoms with Gasteiger partial charge >= 0.3 is 5.97 Å². The molecule has 0 saturated heterocycles. The van der Waals surface area contributed by atoms with Crippen molar-refractivity contribution >= 4 is 28.9 Å². The predicted molar refractivity (Wildman–Crippen MR) is 143 cm³/mol. The fourth-order valence-electron chi connectivity index (χ4n) is 3.65. The van der Waals surface area contributed by atoms with E-state index in [1.807, 2.05) is 42.5 Å². The Hall–Kier alpha value is -5.05. The Morgan fingerprint density at radius 1 is 0.763 bits per heavy atom. The standard InChI is InChI=1S/C29H26N2O7/c1-34-24-14-12-21(16-27(24)36-3)29(33)38-25-13-11-19(15-26(25)35-2)17-30-31-28(32)18-37-23-10-6-8-20-7-4-5-9-22(20)23/h4-17H,18H2,1-3H3,(H,31,32)/b30-17+. The Morgan fingerprint density at radius 3 is 2.26 bits per heavy atom. The number of fused-ring (bicyclic) bond motifs is 1. The maximum absolute atomic E-state index is 12.7. The lowest BCUT2D eigenvalue weighted by atomic mass is 10.1. The van der Waals surface area contributed by atoms with E-state index < -0.39 is 11.9 Å². The monoisotopic (exact) mass is 514 g/mol. The molecule has 0 fully saturated rings. The summed E-state index contributed by atoms with van der Waals surface area (Å²) in [6.45, 7) is -0.195. The van der Waals surface area contributed by atoms with Crippen LogP contribution in [0.5, 0.6) is 28.7 Å². The largest absolute Gasteiger partial charge is 0.493 e. The van der Waals surface area contributed by atoms with Crippen LogP contribution in [0.2, 0.25) is 0 Å². The summed E-state index contributed by atoms with van der Waals surface area (Å²) in [5.74, 6) is 1.05. The fourth-order valence-corrected chi connectivity index (χ4v) is 3.65. The maximum atomic E-state index is 12.7. The summed E-state index contributed by atoms with van der Waals surface area (Å²) in [4.78, 5) is 24.9. The van der Waals surface area contributed by atoms with Gasteiger partial charge < -0.3 is 23.7 Å². The zero-order valence-corrected chi connectivity index (χ0v) is 21.1. The van der Waals surface area contributed by atoms with Crippen molar-refractivity contribution in [2.45, 2.75) is 0 Å². The Kier molecular flexibility index (Phi) is 8.40. The van der Waals surface area contributed by atoms with Gasteiger partial charge in [-0.2, -0.15) is 5.10 Å². The molecule has 0 unspecified atom stereocenters. The highest BCUT2D eigenvalue weighted by Gasteiger charge is 2.15. The normalized spacial score (nSPS) is 10.7. The number of nitrogens with zero attached hydrogens (tertiary/aromatic N) is 1. The number of benzene rings is 4. The first-order valence-electron chi connectivity index (χ1n) is 11.6. The highest BCUT2D eigenvalue weighted by Crippen LogP contribution is 2.31. The first-order chi connectivity index (χ1) is 18.5. The molecule has 0 spiro atoms. The van der Waals surface area contributed by atoms with Crippen LogP contribution in [0.3, 0.4) is 0 Å². The van der Waals surface area contributed by atoms with Gasteiger partial charge in [-0.1, -0.05) is 36.4 Å². The smallest absolute Gasteiger partial charge is 0.343 e. The van der Waals surface area contributed by atoms with E-state index in [0.717, 1.165) is 10.8 Å². The number of esters is 1. The van der Waals surface area contributed by atoms with Gasteiger partial charge in [0, 0.05) is 5.39 Å². The third kappa shape index (κ3) is 6.19. The second-order valence-corrected chi connectivity index (χ2v) is 7.93. The van der Waals surface area contributed by atoms with E-state index >= 15 is 0 Å². The minimum atomic E-state index is -0.593. The molecule has 1 amide bonds. The summed E-state index contributed by atoms with van der Waals surface area (Å²) in [6, 6.07) is 23.0. The molecule has 4 aromatic rings. The van der Waals surface area contributed by atoms with E-state index in [1.165, 1.54) is 33.6 Å². The molecule has 38 heavy (non-hydrogen) atoms. The van der Waals surface area contributed by atoms with Crippen LogP contribution < -0.4 is 29.1 Å². The van der Waals surface area contributed by atoms with E-state index in [-0.39, 0.29) is 17.9 Å². The van der Waals surface area contributed by atoms with Gasteiger partial charge in [-0.15, -0.1) is 0 Å². The van der Waals surface area contributed by atoms with Gasteiger partial charge in [-0.05, 0) is 53.4 Å². The number of hydrazone groups is 1. The number of ether oxygens (including phenoxy) is 5. The van der Waals surface area contributed by atoms with E-state index in [1.54, 1.807) is 30.3 Å². The molecular formula is C29H26N2O7. The highest BCUT2D eigenvalue weighted by molar-refractivity contribution is 5.92. The molecule has 0 atom stereocenters. The summed E-state index contributed by atoms with van der Waals surface area (Å²) >= 11 is 0. The quantitative estimate of drug-likeness (QED) is 0.143. The van der Waals surface area contributed by atoms with Gasteiger partial charge in [0.15, 0.2) is 29.6 Å². The van der Waals surface area contributed by atoms with Gasteiger partial charge in [-0.3, -0.25) is 4.79 Å². The lowest BCUT2D eigenvalue weighted by Gasteiger charge is -2.12. The molecule has 194 valence electrons. The number of amides is 1. The minimum Gasteiger partial charge on any atom is -0.493 e. The zero-order chi connectivity index (χ0) is 26.9. The van der Waals surface area contributed by atoms with Crippen LogP contribution in [0.1, 0.15) is 15.9 Å². The molecule has 0 heterocycles. The Morgan fingerprint density at radius 2 is 1.47 bits per heavy atom. The number of nitrogens with one attached hydrogen (secondary N) is 1. The van der Waals surface area contributed by atoms with E-state index in [9.17, 15) is 9.59 Å². The van der Waals surface area contributed by atoms with E-state index in [0.29, 0.717) is 28.6 Å². The van der Waals surface area contributed by atoms with Crippen molar-refractivity contribution in [2.75, 3.05) is 27.9 Å². The Balaban J connectivity index is 1.35. The average Bonchev–Trinajstić information content (AvgIpc) is 2.96. The molecule has 4 aromatic carbocycles. The molecule has 0 bridgehead atoms. The molecule has 0 aliphatic rings. The van der Waals surface area contributed by atoms with Crippen LogP contribution in [0.25, 0.3) is 10.8 Å². The summed E-state index contributed by atoms with van der Waals surface area (Å²) in [6.07, 6.45) is 1.44. The van der Waals surface area contributed by atoms with E-state index in [4.69, 9.17) is 23.7 Å². The number of carbonyl (C=O) groups excluding carboxylic acids is 2. The molecule has 0 aliphatic carbocycles. The number of methoxy groups -OCH3 is 3. The zero-order valence-electron chi connectivity index (χ0n) is 21.1. The predicted octanol–water partition coefficient (Wildman–Crippen LogP) is 4.61. The minimum absolute atomic E-state index is 0.195. The van der Waals surface area contributed by atoms with Crippen molar-refractivity contribution in [2.24, 2.45) is 5.10 Å². The first-order valence-corrected chi connectivity index (χ1v) is 11.6. The van der Waals surface area contributed by atoms with Crippen molar-refractivity contribution in [3.63, 3.8) is 0 Å². The van der Waals surface area contributed by atoms with E-state index in [2.05, 4.69) is 10.5 Å². The SMILES string of the molecule is COc1ccc(C(=O)Oc2ccc(/C=N/NC(=O)COc3cccc4ccccc34)cc2OC)cc1OC. The molecule has 1 N–H and O–H groups in total. The van der Waals surface area contributed by atoms with Gasteiger partial charge in [0.25, 0.3) is 5.91 Å². The van der Waals surface area contributed by atoms with Crippen LogP contribution in [0.15, 0.2) is 84.0 Å². The van der Waals surface area contributed by atoms with Crippen LogP contribution in [0, 0.1) is 0 Å². The molecule has 0 aliphatic heterocycles. The molecule has 0 saturated carbocycles. The van der Waals surface area contributed by atoms with Crippen LogP contribution >= 0.6 is 0 Å². The molecule has 4 rings (SSSR count). The van der Waals surface area contributed by atoms with Gasteiger partial charge in [0.05, 0.1) is 33.1 Å². The topological polar surface area (TPSA) is 105 Å². The molecule has 9 heteroatoms. The van der Waals surface area contributed by atoms with Crippen molar-refractivity contribution in [3.05, 3.63) is 90.0 Å². The Labute approximate surface area is 219 Å².